The number of nitrogens with zero attached hydrogens (tertiary/aromatic N) is 4. The van der Waals surface area contributed by atoms with Crippen LogP contribution in [0.4, 0.5) is 5.69 Å². The van der Waals surface area contributed by atoms with E-state index in [1.807, 2.05) is 61.7 Å². The number of carbonyl (C=O) groups excluding carboxylic acids is 1. The number of carboxylic acids is 1. The molecule has 21 heteroatoms. The van der Waals surface area contributed by atoms with Gasteiger partial charge < -0.3 is 25.3 Å². The van der Waals surface area contributed by atoms with Gasteiger partial charge in [0.2, 0.25) is 0 Å². The fraction of sp³-hybridized carbons (Fsp3) is 0.475. The molecule has 0 spiro atoms. The Labute approximate surface area is 376 Å². The summed E-state index contributed by atoms with van der Waals surface area (Å²) < 4.78 is 8.23. The van der Waals surface area contributed by atoms with Gasteiger partial charge in [-0.05, 0) is 6.54 Å². The SMILES string of the molecule is CCN1CCN(CC(O)O)CCN(CC(=O)Nc2ccc(-c3c4ccc(=O)c([As]5SCCS5)c-4oc4c([As]5SCCS5)c(O)ccc34)c(C(=O)O)c2)CCN(CC(O)O)CC1. The molecule has 61 heavy (non-hydrogen) atoms. The van der Waals surface area contributed by atoms with Gasteiger partial charge in [-0.1, -0.05) is 6.92 Å². The van der Waals surface area contributed by atoms with Gasteiger partial charge in [0.25, 0.3) is 0 Å². The minimum atomic E-state index is -1.93. The van der Waals surface area contributed by atoms with Gasteiger partial charge in [-0.3, -0.25) is 9.80 Å². The molecule has 15 nitrogen and oxygen atoms in total. The van der Waals surface area contributed by atoms with E-state index >= 15 is 0 Å². The normalized spacial score (nSPS) is 19.0. The van der Waals surface area contributed by atoms with E-state index in [9.17, 15) is 45.0 Å². The van der Waals surface area contributed by atoms with Crippen LogP contribution < -0.4 is 19.4 Å². The number of phenols is 1. The van der Waals surface area contributed by atoms with E-state index in [4.69, 9.17) is 4.42 Å². The first-order chi connectivity index (χ1) is 29.4. The number of benzene rings is 3. The summed E-state index contributed by atoms with van der Waals surface area (Å²) >= 11 is -3.81. The summed E-state index contributed by atoms with van der Waals surface area (Å²) in [6, 6.07) is 11.5. The third-order valence-corrected chi connectivity index (χ3v) is 37.9. The molecule has 0 radical (unpaired) electrons. The Hall–Kier alpha value is -1.93. The molecule has 7 N–H and O–H groups in total. The Bertz CT molecular complexity index is 2190. The minimum Gasteiger partial charge on any atom is -0.367 e. The van der Waals surface area contributed by atoms with Crippen LogP contribution in [0, 0.1) is 0 Å². The van der Waals surface area contributed by atoms with Crippen molar-refractivity contribution >= 4 is 102 Å². The molecule has 5 aliphatic rings. The number of aliphatic hydroxyl groups is 4. The maximum absolute atomic E-state index is 13.8. The van der Waals surface area contributed by atoms with Crippen molar-refractivity contribution in [3.63, 3.8) is 0 Å². The van der Waals surface area contributed by atoms with E-state index in [2.05, 4.69) is 10.2 Å². The molecular weight excluding hydrogens is 989 g/mol. The summed E-state index contributed by atoms with van der Waals surface area (Å²) in [7, 11) is 7.33. The van der Waals surface area contributed by atoms with Crippen molar-refractivity contribution in [3.05, 3.63) is 58.3 Å². The number of hydrogen-bond acceptors (Lipinski definition) is 17. The number of carboxylic acid groups (broad SMARTS) is 1. The monoisotopic (exact) mass is 1040 g/mol. The van der Waals surface area contributed by atoms with Crippen LogP contribution in [0.15, 0.2) is 51.7 Å². The Morgan fingerprint density at radius 2 is 1.28 bits per heavy atom. The van der Waals surface area contributed by atoms with Crippen LogP contribution in [-0.4, -0.2) is 201 Å². The standard InChI is InChI=1S/C40H51As2N5O10S4/c1-2-44-9-11-46(23-33(51)52)15-13-45(14-16-47(12-10-44)24-34(53)54)22-32(50)43-25-3-4-26(29(21-25)40(55)56)35-27-5-7-30(48)36(41-58-17-18-59-41)38(27)57-39-28(35)6-8-31(49)37(39)42-60-19-20-61-42/h3-8,21,33-34,48,51-54H,2,9-20,22-24H2,1H3,(H,43,50)(H,55,56). The van der Waals surface area contributed by atoms with Crippen LogP contribution in [0.25, 0.3) is 33.4 Å². The van der Waals surface area contributed by atoms with Gasteiger partial charge in [0, 0.05) is 65.4 Å². The molecule has 0 aromatic heterocycles. The number of aromatic carboxylic acids is 1. The molecule has 330 valence electrons. The predicted molar refractivity (Wildman–Crippen MR) is 250 cm³/mol. The number of aromatic hydroxyl groups is 1. The Morgan fingerprint density at radius 3 is 1.84 bits per heavy atom. The molecule has 3 saturated heterocycles. The van der Waals surface area contributed by atoms with Crippen molar-refractivity contribution in [1.82, 2.24) is 19.6 Å². The molecule has 1 aliphatic carbocycles. The van der Waals surface area contributed by atoms with Crippen LogP contribution in [0.3, 0.4) is 0 Å². The van der Waals surface area contributed by atoms with E-state index in [1.54, 1.807) is 36.4 Å². The molecule has 4 heterocycles. The van der Waals surface area contributed by atoms with Gasteiger partial charge in [0.15, 0.2) is 12.6 Å². The number of nitrogens with one attached hydrogen (secondary N) is 1. The van der Waals surface area contributed by atoms with E-state index in [-0.39, 0.29) is 48.0 Å². The van der Waals surface area contributed by atoms with E-state index in [0.29, 0.717) is 90.1 Å². The summed E-state index contributed by atoms with van der Waals surface area (Å²) in [4.78, 5) is 48.7. The quantitative estimate of drug-likeness (QED) is 0.0603. The molecule has 2 aromatic carbocycles. The first-order valence-electron chi connectivity index (χ1n) is 20.1. The second-order valence-electron chi connectivity index (χ2n) is 14.8. The average molecular weight is 1040 g/mol. The largest absolute Gasteiger partial charge is 0.367 e. The molecular formula is C40H51As2N5O10S4. The molecule has 3 fully saturated rings. The van der Waals surface area contributed by atoms with Crippen molar-refractivity contribution in [3.8, 4) is 28.2 Å². The van der Waals surface area contributed by atoms with Gasteiger partial charge in [-0.2, -0.15) is 0 Å². The van der Waals surface area contributed by atoms with Crippen molar-refractivity contribution in [1.29, 1.82) is 0 Å². The van der Waals surface area contributed by atoms with Gasteiger partial charge >= 0.3 is 252 Å². The van der Waals surface area contributed by atoms with Crippen LogP contribution in [0.1, 0.15) is 17.3 Å². The topological polar surface area (TPSA) is 211 Å². The predicted octanol–water partition coefficient (Wildman–Crippen LogP) is 1.12. The van der Waals surface area contributed by atoms with Crippen LogP contribution in [0.5, 0.6) is 5.75 Å². The third kappa shape index (κ3) is 11.7. The van der Waals surface area contributed by atoms with Crippen LogP contribution in [-0.2, 0) is 4.79 Å². The fourth-order valence-electron chi connectivity index (χ4n) is 7.71. The summed E-state index contributed by atoms with van der Waals surface area (Å²) in [6.07, 6.45) is -3.04. The molecule has 0 saturated carbocycles. The number of likely N-dealkylation sites (N-methyl/N-ethyl adjacent to an activating group) is 1. The summed E-state index contributed by atoms with van der Waals surface area (Å²) in [5, 5.41) is 64.8. The van der Waals surface area contributed by atoms with Crippen LogP contribution >= 0.6 is 40.1 Å². The van der Waals surface area contributed by atoms with Gasteiger partial charge in [0.05, 0.1) is 0 Å². The molecule has 1 amide bonds. The van der Waals surface area contributed by atoms with Crippen molar-refractivity contribution in [2.24, 2.45) is 0 Å². The number of rotatable bonds is 12. The number of aliphatic hydroxyl groups excluding tert-OH is 2. The fourth-order valence-corrected chi connectivity index (χ4v) is 37.3. The zero-order valence-electron chi connectivity index (χ0n) is 33.6. The number of phenolic OH excluding ortho intramolecular Hbond substituents is 1. The molecule has 2 aromatic rings. The second kappa shape index (κ2) is 21.8. The summed E-state index contributed by atoms with van der Waals surface area (Å²) in [5.41, 5.74) is 2.23. The number of hydrogen-bond donors (Lipinski definition) is 7. The van der Waals surface area contributed by atoms with E-state index in [0.717, 1.165) is 33.9 Å². The second-order valence-corrected chi connectivity index (χ2v) is 38.0. The Morgan fingerprint density at radius 1 is 0.738 bits per heavy atom. The van der Waals surface area contributed by atoms with Crippen molar-refractivity contribution in [2.75, 3.05) is 107 Å². The summed E-state index contributed by atoms with van der Waals surface area (Å²) in [6.45, 7) is 7.09. The maximum atomic E-state index is 13.8. The molecule has 7 rings (SSSR count). The molecule has 0 bridgehead atoms. The third-order valence-electron chi connectivity index (χ3n) is 10.7. The van der Waals surface area contributed by atoms with E-state index < -0.39 is 43.2 Å². The van der Waals surface area contributed by atoms with Crippen LogP contribution in [0.2, 0.25) is 0 Å². The number of β-amino-alcohol motifs (C(OH)–C–C–N with tert-alkyl or cyclic N) is 4. The number of carbonyl (C=O) groups is 2. The molecule has 4 aliphatic heterocycles. The van der Waals surface area contributed by atoms with Gasteiger partial charge in [-0.25, -0.2) is 0 Å². The number of fused-ring (bicyclic) bond motifs is 2. The zero-order valence-corrected chi connectivity index (χ0v) is 40.7. The Balaban J connectivity index is 1.21. The smallest absolute Gasteiger partial charge is 0.164 e. The molecule has 0 atom stereocenters. The zero-order chi connectivity index (χ0) is 43.2. The summed E-state index contributed by atoms with van der Waals surface area (Å²) in [5.74, 6) is 2.82. The maximum Gasteiger partial charge on any atom is 0.164 e. The first kappa shape index (κ1) is 47.0. The number of anilines is 1. The van der Waals surface area contributed by atoms with E-state index in [1.165, 1.54) is 6.07 Å². The first-order valence-corrected chi connectivity index (χ1v) is 34.9. The van der Waals surface area contributed by atoms with Gasteiger partial charge in [0.1, 0.15) is 0 Å². The Kier molecular flexibility index (Phi) is 16.8. The van der Waals surface area contributed by atoms with Crippen molar-refractivity contribution < 1.29 is 44.6 Å². The molecule has 0 unspecified atom stereocenters. The van der Waals surface area contributed by atoms with Gasteiger partial charge in [-0.15, -0.1) is 0 Å². The average Bonchev–Trinajstić information content (AvgIpc) is 3.96. The minimum absolute atomic E-state index is 0.0493. The van der Waals surface area contributed by atoms with Crippen molar-refractivity contribution in [2.45, 2.75) is 19.5 Å². The number of amides is 1.